The van der Waals surface area contributed by atoms with E-state index in [4.69, 9.17) is 9.47 Å². The molecule has 0 saturated carbocycles. The van der Waals surface area contributed by atoms with Crippen LogP contribution in [0.3, 0.4) is 0 Å². The highest BCUT2D eigenvalue weighted by Crippen LogP contribution is 2.31. The van der Waals surface area contributed by atoms with Crippen molar-refractivity contribution in [1.82, 2.24) is 15.6 Å². The lowest BCUT2D eigenvalue weighted by Crippen LogP contribution is -2.27. The average Bonchev–Trinajstić information content (AvgIpc) is 3.22. The lowest BCUT2D eigenvalue weighted by atomic mass is 9.96. The predicted octanol–water partition coefficient (Wildman–Crippen LogP) is 1.94. The van der Waals surface area contributed by atoms with Gasteiger partial charge >= 0.3 is 0 Å². The van der Waals surface area contributed by atoms with Crippen LogP contribution >= 0.6 is 11.3 Å². The molecule has 2 N–H and O–H groups in total. The van der Waals surface area contributed by atoms with Crippen molar-refractivity contribution < 1.29 is 19.1 Å². The fourth-order valence-electron chi connectivity index (χ4n) is 2.01. The summed E-state index contributed by atoms with van der Waals surface area (Å²) < 4.78 is 10.5. The number of hydrogen-bond acceptors (Lipinski definition) is 8. The number of carbonyl (C=O) groups is 2. The van der Waals surface area contributed by atoms with E-state index in [9.17, 15) is 9.59 Å². The molecule has 2 amide bonds. The number of hydrogen-bond donors (Lipinski definition) is 2. The van der Waals surface area contributed by atoms with E-state index in [-0.39, 0.29) is 25.0 Å². The Kier molecular flexibility index (Phi) is 5.36. The molecule has 10 heteroatoms. The third-order valence-electron chi connectivity index (χ3n) is 3.48. The second kappa shape index (κ2) is 7.70. The molecule has 0 bridgehead atoms. The lowest BCUT2D eigenvalue weighted by molar-refractivity contribution is -0.123. The number of benzene rings is 1. The Bertz CT molecular complexity index is 888. The van der Waals surface area contributed by atoms with Crippen LogP contribution in [-0.2, 0) is 16.0 Å². The lowest BCUT2D eigenvalue weighted by Gasteiger charge is -2.15. The first-order valence-corrected chi connectivity index (χ1v) is 8.98. The maximum atomic E-state index is 12.0. The molecule has 0 aliphatic carbocycles. The Morgan fingerprint density at radius 2 is 2.04 bits per heavy atom. The van der Waals surface area contributed by atoms with Crippen molar-refractivity contribution in [3.05, 3.63) is 28.8 Å². The molecule has 1 aliphatic rings. The predicted molar refractivity (Wildman–Crippen MR) is 100.0 cm³/mol. The fraction of sp³-hybridized carbons (Fsp3) is 0.353. The average molecular weight is 389 g/mol. The summed E-state index contributed by atoms with van der Waals surface area (Å²) in [5, 5.41) is 15.2. The highest BCUT2D eigenvalue weighted by molar-refractivity contribution is 7.15. The molecule has 0 atom stereocenters. The number of hydrazone groups is 1. The molecule has 0 spiro atoms. The third kappa shape index (κ3) is 5.00. The monoisotopic (exact) mass is 389 g/mol. The van der Waals surface area contributed by atoms with E-state index in [0.717, 1.165) is 16.9 Å². The summed E-state index contributed by atoms with van der Waals surface area (Å²) in [6.07, 6.45) is 1.52. The molecule has 0 fully saturated rings. The smallest absolute Gasteiger partial charge is 0.247 e. The molecule has 27 heavy (non-hydrogen) atoms. The van der Waals surface area contributed by atoms with Crippen molar-refractivity contribution in [3.8, 4) is 11.5 Å². The number of nitrogens with zero attached hydrogens (tertiary/aromatic N) is 3. The molecule has 0 radical (unpaired) electrons. The van der Waals surface area contributed by atoms with Crippen LogP contribution in [-0.4, -0.2) is 35.0 Å². The zero-order valence-electron chi connectivity index (χ0n) is 15.1. The van der Waals surface area contributed by atoms with Crippen LogP contribution in [0.4, 0.5) is 5.13 Å². The van der Waals surface area contributed by atoms with Gasteiger partial charge in [0.05, 0.1) is 12.6 Å². The second-order valence-electron chi connectivity index (χ2n) is 6.79. The van der Waals surface area contributed by atoms with Crippen molar-refractivity contribution >= 4 is 34.5 Å². The van der Waals surface area contributed by atoms with Crippen molar-refractivity contribution in [2.75, 3.05) is 12.1 Å². The van der Waals surface area contributed by atoms with Gasteiger partial charge in [0.25, 0.3) is 0 Å². The molecule has 0 saturated heterocycles. The van der Waals surface area contributed by atoms with E-state index >= 15 is 0 Å². The van der Waals surface area contributed by atoms with Crippen molar-refractivity contribution in [2.45, 2.75) is 27.2 Å². The van der Waals surface area contributed by atoms with Gasteiger partial charge in [-0.15, -0.1) is 10.2 Å². The minimum absolute atomic E-state index is 0.0154. The first-order chi connectivity index (χ1) is 12.8. The maximum Gasteiger partial charge on any atom is 0.247 e. The van der Waals surface area contributed by atoms with Gasteiger partial charge in [-0.05, 0) is 23.8 Å². The number of anilines is 1. The minimum atomic E-state index is -0.535. The maximum absolute atomic E-state index is 12.0. The molecule has 9 nitrogen and oxygen atoms in total. The SMILES string of the molecule is CC(C)(C)C(=O)Nc1nnc(CC(=O)N/N=C\c2ccc3c(c2)OCO3)s1. The van der Waals surface area contributed by atoms with E-state index in [0.29, 0.717) is 21.6 Å². The van der Waals surface area contributed by atoms with Crippen LogP contribution < -0.4 is 20.2 Å². The van der Waals surface area contributed by atoms with Gasteiger partial charge in [0.1, 0.15) is 5.01 Å². The fourth-order valence-corrected chi connectivity index (χ4v) is 2.74. The van der Waals surface area contributed by atoms with Gasteiger partial charge < -0.3 is 14.8 Å². The number of nitrogens with one attached hydrogen (secondary N) is 2. The van der Waals surface area contributed by atoms with Gasteiger partial charge in [0.15, 0.2) is 11.5 Å². The number of aromatic nitrogens is 2. The molecule has 1 aromatic carbocycles. The molecule has 1 aromatic heterocycles. The minimum Gasteiger partial charge on any atom is -0.454 e. The van der Waals surface area contributed by atoms with Gasteiger partial charge in [-0.3, -0.25) is 9.59 Å². The van der Waals surface area contributed by atoms with E-state index in [1.54, 1.807) is 39.0 Å². The molecule has 1 aliphatic heterocycles. The number of rotatable bonds is 5. The molecule has 2 heterocycles. The largest absolute Gasteiger partial charge is 0.454 e. The highest BCUT2D eigenvalue weighted by Gasteiger charge is 2.22. The van der Waals surface area contributed by atoms with Gasteiger partial charge in [-0.1, -0.05) is 32.1 Å². The highest BCUT2D eigenvalue weighted by atomic mass is 32.1. The second-order valence-corrected chi connectivity index (χ2v) is 7.85. The van der Waals surface area contributed by atoms with Gasteiger partial charge in [-0.2, -0.15) is 5.10 Å². The Labute approximate surface area is 159 Å². The Balaban J connectivity index is 1.50. The third-order valence-corrected chi connectivity index (χ3v) is 4.32. The summed E-state index contributed by atoms with van der Waals surface area (Å²) in [6, 6.07) is 5.35. The van der Waals surface area contributed by atoms with Crippen molar-refractivity contribution in [3.63, 3.8) is 0 Å². The van der Waals surface area contributed by atoms with Crippen LogP contribution in [0.25, 0.3) is 0 Å². The van der Waals surface area contributed by atoms with Crippen LogP contribution in [0.2, 0.25) is 0 Å². The van der Waals surface area contributed by atoms with Crippen LogP contribution in [0.15, 0.2) is 23.3 Å². The first-order valence-electron chi connectivity index (χ1n) is 8.16. The van der Waals surface area contributed by atoms with E-state index in [1.807, 2.05) is 0 Å². The molecule has 3 rings (SSSR count). The number of ether oxygens (including phenoxy) is 2. The number of fused-ring (bicyclic) bond motifs is 1. The summed E-state index contributed by atoms with van der Waals surface area (Å²) in [5.74, 6) is 0.825. The van der Waals surface area contributed by atoms with Gasteiger partial charge in [0, 0.05) is 5.41 Å². The summed E-state index contributed by atoms with van der Waals surface area (Å²) in [5.41, 5.74) is 2.66. The van der Waals surface area contributed by atoms with Gasteiger partial charge in [0.2, 0.25) is 23.7 Å². The summed E-state index contributed by atoms with van der Waals surface area (Å²) in [7, 11) is 0. The van der Waals surface area contributed by atoms with E-state index < -0.39 is 5.41 Å². The Morgan fingerprint density at radius 3 is 2.81 bits per heavy atom. The zero-order valence-corrected chi connectivity index (χ0v) is 15.9. The van der Waals surface area contributed by atoms with Crippen LogP contribution in [0.5, 0.6) is 11.5 Å². The van der Waals surface area contributed by atoms with Gasteiger partial charge in [-0.25, -0.2) is 5.43 Å². The zero-order chi connectivity index (χ0) is 19.4. The topological polar surface area (TPSA) is 115 Å². The number of amides is 2. The first kappa shape index (κ1) is 18.8. The number of carbonyl (C=O) groups excluding carboxylic acids is 2. The van der Waals surface area contributed by atoms with Crippen molar-refractivity contribution in [1.29, 1.82) is 0 Å². The summed E-state index contributed by atoms with van der Waals surface area (Å²) in [4.78, 5) is 23.9. The quantitative estimate of drug-likeness (QED) is 0.597. The molecular formula is C17H19N5O4S. The molecule has 142 valence electrons. The normalized spacial score (nSPS) is 13.0. The van der Waals surface area contributed by atoms with E-state index in [1.165, 1.54) is 6.21 Å². The standard InChI is InChI=1S/C17H19N5O4S/c1-17(2,3)15(24)19-16-22-21-14(27-16)7-13(23)20-18-8-10-4-5-11-12(6-10)26-9-25-11/h4-6,8H,7,9H2,1-3H3,(H,20,23)(H,19,22,24)/b18-8-. The molecular weight excluding hydrogens is 370 g/mol. The van der Waals surface area contributed by atoms with Crippen LogP contribution in [0.1, 0.15) is 31.3 Å². The molecule has 0 unspecified atom stereocenters. The summed E-state index contributed by atoms with van der Waals surface area (Å²) in [6.45, 7) is 5.61. The Hall–Kier alpha value is -3.01. The molecule has 2 aromatic rings. The van der Waals surface area contributed by atoms with E-state index in [2.05, 4.69) is 26.0 Å². The Morgan fingerprint density at radius 1 is 1.26 bits per heavy atom. The van der Waals surface area contributed by atoms with Crippen molar-refractivity contribution in [2.24, 2.45) is 10.5 Å². The summed E-state index contributed by atoms with van der Waals surface area (Å²) >= 11 is 1.15. The van der Waals surface area contributed by atoms with Crippen LogP contribution in [0, 0.1) is 5.41 Å².